The van der Waals surface area contributed by atoms with Crippen molar-refractivity contribution in [3.8, 4) is 0 Å². The van der Waals surface area contributed by atoms with Crippen molar-refractivity contribution in [2.45, 2.75) is 77.0 Å². The molecule has 0 aromatic rings. The summed E-state index contributed by atoms with van der Waals surface area (Å²) >= 11 is 0. The zero-order valence-electron chi connectivity index (χ0n) is 15.4. The lowest BCUT2D eigenvalue weighted by atomic mass is 10.1. The van der Waals surface area contributed by atoms with E-state index in [-0.39, 0.29) is 24.7 Å². The first kappa shape index (κ1) is 23.9. The van der Waals surface area contributed by atoms with Crippen LogP contribution in [0.15, 0.2) is 0 Å². The van der Waals surface area contributed by atoms with Crippen LogP contribution in [0.25, 0.3) is 0 Å². The molecule has 0 unspecified atom stereocenters. The highest BCUT2D eigenvalue weighted by Gasteiger charge is 2.03. The van der Waals surface area contributed by atoms with Crippen molar-refractivity contribution in [1.29, 1.82) is 0 Å². The normalized spacial score (nSPS) is 10.3. The van der Waals surface area contributed by atoms with Crippen LogP contribution in [0, 0.1) is 0 Å². The van der Waals surface area contributed by atoms with Crippen LogP contribution in [0.4, 0.5) is 0 Å². The second-order valence-electron chi connectivity index (χ2n) is 6.32. The zero-order valence-corrected chi connectivity index (χ0v) is 15.4. The smallest absolute Gasteiger partial charge is 0.303 e. The van der Waals surface area contributed by atoms with E-state index in [1.165, 1.54) is 0 Å². The fourth-order valence-electron chi connectivity index (χ4n) is 2.36. The van der Waals surface area contributed by atoms with Crippen LogP contribution >= 0.6 is 0 Å². The Morgan fingerprint density at radius 3 is 1.19 bits per heavy atom. The number of carboxylic acid groups (broad SMARTS) is 2. The lowest BCUT2D eigenvalue weighted by molar-refractivity contribution is -0.138. The molecule has 0 saturated carbocycles. The molecule has 26 heavy (non-hydrogen) atoms. The number of unbranched alkanes of at least 4 members (excludes halogenated alkanes) is 5. The van der Waals surface area contributed by atoms with E-state index in [9.17, 15) is 19.2 Å². The molecule has 0 radical (unpaired) electrons. The number of carbonyl (C=O) groups excluding carboxylic acids is 2. The van der Waals surface area contributed by atoms with Crippen LogP contribution in [-0.2, 0) is 19.2 Å². The van der Waals surface area contributed by atoms with Crippen LogP contribution in [0.3, 0.4) is 0 Å². The number of hydrogen-bond acceptors (Lipinski definition) is 4. The Balaban J connectivity index is 3.32. The van der Waals surface area contributed by atoms with Gasteiger partial charge in [0.05, 0.1) is 0 Å². The molecule has 0 aliphatic heterocycles. The van der Waals surface area contributed by atoms with Crippen LogP contribution in [0.2, 0.25) is 0 Å². The minimum atomic E-state index is -0.834. The Bertz CT molecular complexity index is 399. The molecule has 150 valence electrons. The number of amides is 2. The van der Waals surface area contributed by atoms with Crippen molar-refractivity contribution >= 4 is 23.8 Å². The van der Waals surface area contributed by atoms with Gasteiger partial charge >= 0.3 is 11.9 Å². The van der Waals surface area contributed by atoms with Gasteiger partial charge in [-0.05, 0) is 38.5 Å². The summed E-state index contributed by atoms with van der Waals surface area (Å²) in [7, 11) is 0. The lowest BCUT2D eigenvalue weighted by Gasteiger charge is -2.06. The highest BCUT2D eigenvalue weighted by Crippen LogP contribution is 2.02. The van der Waals surface area contributed by atoms with E-state index in [0.29, 0.717) is 51.6 Å². The maximum absolute atomic E-state index is 11.5. The quantitative estimate of drug-likeness (QED) is 0.289. The van der Waals surface area contributed by atoms with Crippen molar-refractivity contribution in [3.63, 3.8) is 0 Å². The second-order valence-corrected chi connectivity index (χ2v) is 6.32. The monoisotopic (exact) mass is 372 g/mol. The molecule has 0 bridgehead atoms. The molecule has 0 atom stereocenters. The first-order valence-corrected chi connectivity index (χ1v) is 9.39. The van der Waals surface area contributed by atoms with E-state index in [4.69, 9.17) is 10.2 Å². The molecule has 0 aliphatic rings. The molecule has 0 aromatic carbocycles. The van der Waals surface area contributed by atoms with E-state index < -0.39 is 11.9 Å². The molecular formula is C18H32N2O6. The summed E-state index contributed by atoms with van der Waals surface area (Å²) in [6.07, 6.45) is 6.86. The third-order valence-corrected chi connectivity index (χ3v) is 3.84. The highest BCUT2D eigenvalue weighted by molar-refractivity contribution is 5.76. The van der Waals surface area contributed by atoms with Crippen LogP contribution in [0.1, 0.15) is 77.0 Å². The van der Waals surface area contributed by atoms with E-state index >= 15 is 0 Å². The largest absolute Gasteiger partial charge is 0.481 e. The van der Waals surface area contributed by atoms with Crippen molar-refractivity contribution in [1.82, 2.24) is 10.6 Å². The average molecular weight is 372 g/mol. The van der Waals surface area contributed by atoms with Crippen molar-refractivity contribution in [2.24, 2.45) is 0 Å². The van der Waals surface area contributed by atoms with E-state index in [1.807, 2.05) is 0 Å². The minimum absolute atomic E-state index is 0.0365. The van der Waals surface area contributed by atoms with Crippen molar-refractivity contribution < 1.29 is 29.4 Å². The maximum atomic E-state index is 11.5. The maximum Gasteiger partial charge on any atom is 0.303 e. The van der Waals surface area contributed by atoms with Gasteiger partial charge in [0.25, 0.3) is 0 Å². The Morgan fingerprint density at radius 2 is 0.846 bits per heavy atom. The predicted molar refractivity (Wildman–Crippen MR) is 96.7 cm³/mol. The first-order valence-electron chi connectivity index (χ1n) is 9.39. The van der Waals surface area contributed by atoms with Gasteiger partial charge in [0.15, 0.2) is 0 Å². The summed E-state index contributed by atoms with van der Waals surface area (Å²) in [5.74, 6) is -1.74. The molecule has 0 saturated heterocycles. The Kier molecular flexibility index (Phi) is 15.0. The summed E-state index contributed by atoms with van der Waals surface area (Å²) < 4.78 is 0. The van der Waals surface area contributed by atoms with E-state index in [1.54, 1.807) is 0 Å². The summed E-state index contributed by atoms with van der Waals surface area (Å²) in [6.45, 7) is 1.24. The van der Waals surface area contributed by atoms with Gasteiger partial charge in [-0.15, -0.1) is 0 Å². The third kappa shape index (κ3) is 18.2. The SMILES string of the molecule is O=C(O)CCCCC(=O)NCCCCCCNC(=O)CCCCC(=O)O. The molecule has 0 rings (SSSR count). The molecule has 0 fully saturated rings. The standard InChI is InChI=1S/C18H32N2O6/c21-15(9-3-5-11-17(23)24)19-13-7-1-2-8-14-20-16(22)10-4-6-12-18(25)26/h1-14H2,(H,19,21)(H,20,22)(H,23,24)(H,25,26). The summed E-state index contributed by atoms with van der Waals surface area (Å²) in [4.78, 5) is 43.7. The summed E-state index contributed by atoms with van der Waals surface area (Å²) in [5, 5.41) is 22.6. The van der Waals surface area contributed by atoms with Crippen molar-refractivity contribution in [2.75, 3.05) is 13.1 Å². The van der Waals surface area contributed by atoms with Gasteiger partial charge in [0.1, 0.15) is 0 Å². The Morgan fingerprint density at radius 1 is 0.500 bits per heavy atom. The molecule has 2 amide bonds. The molecule has 0 heterocycles. The fourth-order valence-corrected chi connectivity index (χ4v) is 2.36. The highest BCUT2D eigenvalue weighted by atomic mass is 16.4. The van der Waals surface area contributed by atoms with Gasteiger partial charge in [0, 0.05) is 38.8 Å². The van der Waals surface area contributed by atoms with Crippen LogP contribution < -0.4 is 10.6 Å². The fraction of sp³-hybridized carbons (Fsp3) is 0.778. The summed E-state index contributed by atoms with van der Waals surface area (Å²) in [6, 6.07) is 0. The zero-order chi connectivity index (χ0) is 19.6. The molecule has 8 nitrogen and oxygen atoms in total. The summed E-state index contributed by atoms with van der Waals surface area (Å²) in [5.41, 5.74) is 0. The molecule has 8 heteroatoms. The molecule has 0 aromatic heterocycles. The number of carboxylic acids is 2. The Labute approximate surface area is 154 Å². The minimum Gasteiger partial charge on any atom is -0.481 e. The van der Waals surface area contributed by atoms with E-state index in [2.05, 4.69) is 10.6 Å². The number of carbonyl (C=O) groups is 4. The topological polar surface area (TPSA) is 133 Å². The van der Waals surface area contributed by atoms with Gasteiger partial charge < -0.3 is 20.8 Å². The Hall–Kier alpha value is -2.12. The molecule has 0 spiro atoms. The second kappa shape index (κ2) is 16.4. The number of rotatable bonds is 17. The van der Waals surface area contributed by atoms with Crippen LogP contribution in [-0.4, -0.2) is 47.1 Å². The van der Waals surface area contributed by atoms with Gasteiger partial charge in [-0.3, -0.25) is 19.2 Å². The predicted octanol–water partition coefficient (Wildman–Crippen LogP) is 2.07. The van der Waals surface area contributed by atoms with Crippen LogP contribution in [0.5, 0.6) is 0 Å². The molecular weight excluding hydrogens is 340 g/mol. The molecule has 0 aliphatic carbocycles. The number of hydrogen-bond donors (Lipinski definition) is 4. The van der Waals surface area contributed by atoms with Gasteiger partial charge in [0.2, 0.25) is 11.8 Å². The van der Waals surface area contributed by atoms with Crippen molar-refractivity contribution in [3.05, 3.63) is 0 Å². The van der Waals surface area contributed by atoms with Gasteiger partial charge in [-0.2, -0.15) is 0 Å². The third-order valence-electron chi connectivity index (χ3n) is 3.84. The van der Waals surface area contributed by atoms with E-state index in [0.717, 1.165) is 25.7 Å². The number of nitrogens with one attached hydrogen (secondary N) is 2. The average Bonchev–Trinajstić information content (AvgIpc) is 2.57. The lowest BCUT2D eigenvalue weighted by Crippen LogP contribution is -2.24. The van der Waals surface area contributed by atoms with Gasteiger partial charge in [-0.1, -0.05) is 12.8 Å². The van der Waals surface area contributed by atoms with Gasteiger partial charge in [-0.25, -0.2) is 0 Å². The molecule has 4 N–H and O–H groups in total. The first-order chi connectivity index (χ1) is 12.4. The number of aliphatic carboxylic acids is 2.